The largest absolute Gasteiger partial charge is 2.00 e. The van der Waals surface area contributed by atoms with Crippen LogP contribution in [0.4, 0.5) is 0 Å². The number of imidazole rings is 4. The average molecular weight is 621 g/mol. The van der Waals surface area contributed by atoms with Crippen LogP contribution in [-0.2, 0) is 47.8 Å². The van der Waals surface area contributed by atoms with Gasteiger partial charge in [0, 0.05) is 61.5 Å². The summed E-state index contributed by atoms with van der Waals surface area (Å²) in [6, 6.07) is 0. The molecule has 36 heavy (non-hydrogen) atoms. The summed E-state index contributed by atoms with van der Waals surface area (Å²) >= 11 is 0. The van der Waals surface area contributed by atoms with Gasteiger partial charge in [-0.05, 0) is 19.3 Å². The number of hydrogen-bond donors (Lipinski definition) is 4. The maximum Gasteiger partial charge on any atom is 2.00 e. The molecule has 18 N–H and O–H groups in total. The summed E-state index contributed by atoms with van der Waals surface area (Å²) in [4.78, 5) is 47.1. The van der Waals surface area contributed by atoms with Crippen LogP contribution >= 0.6 is 0 Å². The first kappa shape index (κ1) is 45.9. The second-order valence-electron chi connectivity index (χ2n) is 5.35. The smallest absolute Gasteiger partial charge is 0.550 e. The van der Waals surface area contributed by atoms with E-state index in [1.165, 1.54) is 0 Å². The van der Waals surface area contributed by atoms with Crippen molar-refractivity contribution in [3.8, 4) is 23.3 Å². The van der Waals surface area contributed by atoms with E-state index in [0.29, 0.717) is 0 Å². The van der Waals surface area contributed by atoms with Gasteiger partial charge in [-0.15, -0.1) is 0 Å². The number of aliphatic carboxylic acids is 2. The molecule has 0 atom stereocenters. The maximum atomic E-state index is 9.66. The molecule has 0 saturated carbocycles. The van der Waals surface area contributed by atoms with Crippen LogP contribution in [0.1, 0.15) is 19.3 Å². The molecule has 4 aromatic heterocycles. The Balaban J connectivity index is -0.0000000857. The van der Waals surface area contributed by atoms with Gasteiger partial charge in [-0.25, -0.2) is 19.9 Å². The monoisotopic (exact) mass is 622 g/mol. The molecule has 4 aromatic rings. The third kappa shape index (κ3) is 17.9. The van der Waals surface area contributed by atoms with Crippen molar-refractivity contribution in [2.24, 2.45) is 0 Å². The van der Waals surface area contributed by atoms with E-state index in [1.807, 2.05) is 0 Å². The molecule has 0 fully saturated rings. The standard InChI is InChI=1S/2C6H6N4.C5H8O4.Cd.6H2O/c2*1-2-8-5(7-1)6-9-3-4-10-6;6-4(7)2-1-3-5(8)9;;;;;;;/h2*1-4H,(H,7,8)(H,9,10);1-3H2,(H,6,7)(H,8,9);;6*1H2/q;;;+2;;;;;;. The van der Waals surface area contributed by atoms with Gasteiger partial charge in [-0.3, -0.25) is 0 Å². The number of carbonyl (C=O) groups is 2. The van der Waals surface area contributed by atoms with Gasteiger partial charge < -0.3 is 72.6 Å². The van der Waals surface area contributed by atoms with Gasteiger partial charge in [0.25, 0.3) is 0 Å². The summed E-state index contributed by atoms with van der Waals surface area (Å²) in [5.41, 5.74) is 0. The third-order valence-electron chi connectivity index (χ3n) is 3.20. The predicted molar refractivity (Wildman–Crippen MR) is 120 cm³/mol. The van der Waals surface area contributed by atoms with Crippen LogP contribution in [0.3, 0.4) is 0 Å². The van der Waals surface area contributed by atoms with E-state index in [1.54, 1.807) is 49.6 Å². The second-order valence-corrected chi connectivity index (χ2v) is 5.35. The zero-order valence-electron chi connectivity index (χ0n) is 19.0. The zero-order valence-corrected chi connectivity index (χ0v) is 23.1. The molecule has 0 unspecified atom stereocenters. The molecule has 4 rings (SSSR count). The summed E-state index contributed by atoms with van der Waals surface area (Å²) in [6.45, 7) is 0. The van der Waals surface area contributed by atoms with Crippen molar-refractivity contribution in [3.63, 3.8) is 0 Å². The summed E-state index contributed by atoms with van der Waals surface area (Å²) in [6.07, 6.45) is 13.5. The van der Waals surface area contributed by atoms with Crippen molar-refractivity contribution in [3.05, 3.63) is 49.6 Å². The van der Waals surface area contributed by atoms with E-state index in [9.17, 15) is 19.8 Å². The molecule has 0 aromatic carbocycles. The molecular formula is C17H32CdN8O10+2. The molecular weight excluding hydrogens is 589 g/mol. The Morgan fingerprint density at radius 2 is 0.806 bits per heavy atom. The first-order valence-electron chi connectivity index (χ1n) is 8.44. The minimum absolute atomic E-state index is 0. The van der Waals surface area contributed by atoms with Gasteiger partial charge in [0.2, 0.25) is 0 Å². The third-order valence-corrected chi connectivity index (χ3v) is 3.20. The minimum atomic E-state index is -1.23. The number of carbonyl (C=O) groups excluding carboxylic acids is 2. The van der Waals surface area contributed by atoms with Crippen molar-refractivity contribution in [2.75, 3.05) is 0 Å². The van der Waals surface area contributed by atoms with Crippen LogP contribution in [0.25, 0.3) is 23.3 Å². The Bertz CT molecular complexity index is 809. The normalized spacial score (nSPS) is 7.78. The number of aromatic nitrogens is 8. The van der Waals surface area contributed by atoms with Crippen molar-refractivity contribution >= 4 is 11.9 Å². The molecule has 0 aliphatic rings. The van der Waals surface area contributed by atoms with E-state index in [2.05, 4.69) is 39.9 Å². The number of H-pyrrole nitrogens is 4. The van der Waals surface area contributed by atoms with E-state index < -0.39 is 11.9 Å². The van der Waals surface area contributed by atoms with E-state index >= 15 is 0 Å². The molecule has 0 radical (unpaired) electrons. The van der Waals surface area contributed by atoms with Gasteiger partial charge in [0.05, 0.1) is 0 Å². The molecule has 4 heterocycles. The fourth-order valence-electron chi connectivity index (χ4n) is 1.96. The number of carboxylic acid groups (broad SMARTS) is 2. The number of rotatable bonds is 6. The number of hydrogen-bond acceptors (Lipinski definition) is 8. The first-order valence-corrected chi connectivity index (χ1v) is 8.44. The summed E-state index contributed by atoms with van der Waals surface area (Å²) in [5, 5.41) is 19.3. The summed E-state index contributed by atoms with van der Waals surface area (Å²) in [7, 11) is 0. The van der Waals surface area contributed by atoms with Crippen LogP contribution in [0, 0.1) is 0 Å². The van der Waals surface area contributed by atoms with E-state index in [0.717, 1.165) is 23.3 Å². The van der Waals surface area contributed by atoms with E-state index in [-0.39, 0.29) is 79.4 Å². The van der Waals surface area contributed by atoms with Crippen molar-refractivity contribution in [2.45, 2.75) is 19.3 Å². The van der Waals surface area contributed by atoms with Gasteiger partial charge in [-0.1, -0.05) is 0 Å². The van der Waals surface area contributed by atoms with Gasteiger partial charge in [0.1, 0.15) is 0 Å². The summed E-state index contributed by atoms with van der Waals surface area (Å²) in [5.74, 6) is 0.623. The molecule has 18 nitrogen and oxygen atoms in total. The number of carboxylic acids is 2. The fourth-order valence-corrected chi connectivity index (χ4v) is 1.96. The zero-order chi connectivity index (χ0) is 20.9. The Kier molecular flexibility index (Phi) is 33.2. The molecule has 19 heteroatoms. The average Bonchev–Trinajstić information content (AvgIpc) is 3.52. The van der Waals surface area contributed by atoms with Crippen molar-refractivity contribution < 1.29 is 80.0 Å². The Hall–Kier alpha value is -3.54. The predicted octanol–water partition coefficient (Wildman–Crippen LogP) is -5.89. The van der Waals surface area contributed by atoms with Crippen LogP contribution in [-0.4, -0.2) is 73.7 Å². The van der Waals surface area contributed by atoms with Crippen LogP contribution < -0.4 is 10.2 Å². The van der Waals surface area contributed by atoms with Crippen molar-refractivity contribution in [1.29, 1.82) is 0 Å². The molecule has 200 valence electrons. The Labute approximate surface area is 223 Å². The number of nitrogens with one attached hydrogen (secondary N) is 4. The second kappa shape index (κ2) is 26.1. The Morgan fingerprint density at radius 3 is 0.944 bits per heavy atom. The number of nitrogens with zero attached hydrogens (tertiary/aromatic N) is 4. The molecule has 0 aliphatic heterocycles. The van der Waals surface area contributed by atoms with Crippen LogP contribution in [0.15, 0.2) is 49.6 Å². The number of aromatic amines is 4. The van der Waals surface area contributed by atoms with Gasteiger partial charge in [-0.2, -0.15) is 0 Å². The first-order chi connectivity index (χ1) is 14.1. The molecule has 0 amide bonds. The summed E-state index contributed by atoms with van der Waals surface area (Å²) < 4.78 is 0. The van der Waals surface area contributed by atoms with Crippen LogP contribution in [0.5, 0.6) is 0 Å². The van der Waals surface area contributed by atoms with Gasteiger partial charge in [0.15, 0.2) is 23.3 Å². The molecule has 0 saturated heterocycles. The van der Waals surface area contributed by atoms with Gasteiger partial charge >= 0.3 is 27.3 Å². The fraction of sp³-hybridized carbons (Fsp3) is 0.176. The van der Waals surface area contributed by atoms with Crippen molar-refractivity contribution in [1.82, 2.24) is 39.9 Å². The van der Waals surface area contributed by atoms with Crippen LogP contribution in [0.2, 0.25) is 0 Å². The molecule has 0 spiro atoms. The Morgan fingerprint density at radius 1 is 0.583 bits per heavy atom. The van der Waals surface area contributed by atoms with E-state index in [4.69, 9.17) is 0 Å². The topological polar surface area (TPSA) is 387 Å². The molecule has 0 bridgehead atoms. The SMILES string of the molecule is O.O.O.O.O=C([O-])CCCC(=O)[O-].[Cd+2].[OH3+].[OH3+].c1c[nH]c(-c2ncc[nH]2)n1.c1c[nH]c(-c2ncc[nH]2)n1. The molecule has 0 aliphatic carbocycles. The quantitative estimate of drug-likeness (QED) is 0.118. The maximum absolute atomic E-state index is 9.66. The minimum Gasteiger partial charge on any atom is -0.550 e.